The predicted molar refractivity (Wildman–Crippen MR) is 93.3 cm³/mol. The second-order valence-electron chi connectivity index (χ2n) is 6.91. The molecule has 1 aliphatic heterocycles. The summed E-state index contributed by atoms with van der Waals surface area (Å²) in [5.74, 6) is 0. The van der Waals surface area contributed by atoms with Crippen LogP contribution in [0.1, 0.15) is 44.4 Å². The summed E-state index contributed by atoms with van der Waals surface area (Å²) in [6, 6.07) is 5.51. The highest BCUT2D eigenvalue weighted by molar-refractivity contribution is 6.31. The highest BCUT2D eigenvalue weighted by Gasteiger charge is 2.32. The second-order valence-corrected chi connectivity index (χ2v) is 7.31. The molecular weight excluding hydrogens is 330 g/mol. The molecule has 0 bridgehead atoms. The van der Waals surface area contributed by atoms with Crippen molar-refractivity contribution >= 4 is 17.7 Å². The van der Waals surface area contributed by atoms with Crippen molar-refractivity contribution in [3.63, 3.8) is 0 Å². The SMILES string of the molecule is COCc1ccc([C@@H]2COCCCN2C(=O)OC(C)(C)C)c(Cl)c1. The van der Waals surface area contributed by atoms with Gasteiger partial charge in [0, 0.05) is 25.3 Å². The van der Waals surface area contributed by atoms with Crippen molar-refractivity contribution in [2.45, 2.75) is 45.4 Å². The van der Waals surface area contributed by atoms with Crippen molar-refractivity contribution in [3.05, 3.63) is 34.3 Å². The molecule has 1 atom stereocenters. The first-order chi connectivity index (χ1) is 11.3. The molecule has 1 amide bonds. The van der Waals surface area contributed by atoms with Gasteiger partial charge in [-0.3, -0.25) is 4.90 Å². The van der Waals surface area contributed by atoms with Crippen molar-refractivity contribution in [2.24, 2.45) is 0 Å². The van der Waals surface area contributed by atoms with Crippen molar-refractivity contribution < 1.29 is 19.0 Å². The average molecular weight is 356 g/mol. The van der Waals surface area contributed by atoms with Gasteiger partial charge >= 0.3 is 6.09 Å². The fourth-order valence-electron chi connectivity index (χ4n) is 2.67. The minimum absolute atomic E-state index is 0.258. The first kappa shape index (κ1) is 19.0. The first-order valence-electron chi connectivity index (χ1n) is 8.16. The summed E-state index contributed by atoms with van der Waals surface area (Å²) in [6.45, 7) is 7.69. The maximum atomic E-state index is 12.6. The van der Waals surface area contributed by atoms with E-state index in [-0.39, 0.29) is 12.1 Å². The Kier molecular flexibility index (Phi) is 6.49. The summed E-state index contributed by atoms with van der Waals surface area (Å²) in [7, 11) is 1.64. The van der Waals surface area contributed by atoms with Gasteiger partial charge in [0.15, 0.2) is 0 Å². The molecule has 1 saturated heterocycles. The van der Waals surface area contributed by atoms with E-state index in [1.165, 1.54) is 0 Å². The molecular formula is C18H26ClNO4. The number of hydrogen-bond donors (Lipinski definition) is 0. The Labute approximate surface area is 148 Å². The molecule has 0 radical (unpaired) electrons. The second kappa shape index (κ2) is 8.19. The summed E-state index contributed by atoms with van der Waals surface area (Å²) in [4.78, 5) is 14.3. The van der Waals surface area contributed by atoms with Gasteiger partial charge in [0.25, 0.3) is 0 Å². The average Bonchev–Trinajstić information content (AvgIpc) is 2.72. The zero-order valence-electron chi connectivity index (χ0n) is 14.8. The molecule has 0 N–H and O–H groups in total. The molecule has 5 nitrogen and oxygen atoms in total. The first-order valence-corrected chi connectivity index (χ1v) is 8.54. The van der Waals surface area contributed by atoms with Crippen LogP contribution in [0.3, 0.4) is 0 Å². The smallest absolute Gasteiger partial charge is 0.410 e. The number of hydrogen-bond acceptors (Lipinski definition) is 4. The van der Waals surface area contributed by atoms with Gasteiger partial charge in [0.1, 0.15) is 5.60 Å². The van der Waals surface area contributed by atoms with Gasteiger partial charge in [0.2, 0.25) is 0 Å². The van der Waals surface area contributed by atoms with E-state index < -0.39 is 5.60 Å². The molecule has 1 fully saturated rings. The van der Waals surface area contributed by atoms with E-state index in [0.717, 1.165) is 17.5 Å². The summed E-state index contributed by atoms with van der Waals surface area (Å²) in [5, 5.41) is 0.605. The zero-order valence-corrected chi connectivity index (χ0v) is 15.6. The van der Waals surface area contributed by atoms with E-state index in [4.69, 9.17) is 25.8 Å². The van der Waals surface area contributed by atoms with Crippen molar-refractivity contribution in [1.82, 2.24) is 4.90 Å². The standard InChI is InChI=1S/C18H26ClNO4/c1-18(2,3)24-17(21)20-8-5-9-23-12-16(20)14-7-6-13(11-22-4)10-15(14)19/h6-7,10,16H,5,8-9,11-12H2,1-4H3/t16-/m0/s1. The van der Waals surface area contributed by atoms with Crippen LogP contribution in [0.5, 0.6) is 0 Å². The number of carbonyl (C=O) groups is 1. The zero-order chi connectivity index (χ0) is 17.7. The lowest BCUT2D eigenvalue weighted by Crippen LogP contribution is -2.40. The monoisotopic (exact) mass is 355 g/mol. The van der Waals surface area contributed by atoms with Crippen LogP contribution >= 0.6 is 11.6 Å². The van der Waals surface area contributed by atoms with Gasteiger partial charge in [-0.2, -0.15) is 0 Å². The lowest BCUT2D eigenvalue weighted by Gasteiger charge is -2.32. The topological polar surface area (TPSA) is 48.0 Å². The molecule has 1 aliphatic rings. The van der Waals surface area contributed by atoms with Gasteiger partial charge in [0.05, 0.1) is 19.3 Å². The predicted octanol–water partition coefficient (Wildman–Crippen LogP) is 4.18. The summed E-state index contributed by atoms with van der Waals surface area (Å²) in [5.41, 5.74) is 1.31. The lowest BCUT2D eigenvalue weighted by atomic mass is 10.0. The Balaban J connectivity index is 2.27. The fourth-order valence-corrected chi connectivity index (χ4v) is 3.00. The number of benzene rings is 1. The van der Waals surface area contributed by atoms with E-state index in [9.17, 15) is 4.79 Å². The molecule has 2 rings (SSSR count). The number of amides is 1. The third-order valence-electron chi connectivity index (χ3n) is 3.70. The van der Waals surface area contributed by atoms with Crippen LogP contribution < -0.4 is 0 Å². The Morgan fingerprint density at radius 1 is 1.42 bits per heavy atom. The van der Waals surface area contributed by atoms with Crippen molar-refractivity contribution in [2.75, 3.05) is 26.9 Å². The summed E-state index contributed by atoms with van der Waals surface area (Å²) in [6.07, 6.45) is 0.435. The maximum Gasteiger partial charge on any atom is 0.410 e. The van der Waals surface area contributed by atoms with E-state index in [0.29, 0.717) is 31.4 Å². The molecule has 24 heavy (non-hydrogen) atoms. The van der Waals surface area contributed by atoms with Crippen molar-refractivity contribution in [3.8, 4) is 0 Å². The summed E-state index contributed by atoms with van der Waals surface area (Å²) < 4.78 is 16.4. The Hall–Kier alpha value is -1.30. The van der Waals surface area contributed by atoms with Gasteiger partial charge in [-0.15, -0.1) is 0 Å². The Morgan fingerprint density at radius 2 is 2.17 bits per heavy atom. The number of halogens is 1. The van der Waals surface area contributed by atoms with Gasteiger partial charge in [-0.25, -0.2) is 4.79 Å². The van der Waals surface area contributed by atoms with Crippen LogP contribution in [0.4, 0.5) is 4.79 Å². The molecule has 1 heterocycles. The molecule has 1 aromatic rings. The number of rotatable bonds is 3. The highest BCUT2D eigenvalue weighted by Crippen LogP contribution is 2.31. The maximum absolute atomic E-state index is 12.6. The van der Waals surface area contributed by atoms with E-state index in [1.54, 1.807) is 12.0 Å². The third kappa shape index (κ3) is 5.10. The quantitative estimate of drug-likeness (QED) is 0.815. The molecule has 0 aliphatic carbocycles. The lowest BCUT2D eigenvalue weighted by molar-refractivity contribution is 0.0119. The normalized spacial score (nSPS) is 19.0. The van der Waals surface area contributed by atoms with Crippen LogP contribution in [0.15, 0.2) is 18.2 Å². The van der Waals surface area contributed by atoms with Gasteiger partial charge in [-0.1, -0.05) is 23.7 Å². The molecule has 0 saturated carbocycles. The van der Waals surface area contributed by atoms with Crippen molar-refractivity contribution in [1.29, 1.82) is 0 Å². The van der Waals surface area contributed by atoms with E-state index in [2.05, 4.69) is 0 Å². The fraction of sp³-hybridized carbons (Fsp3) is 0.611. The minimum atomic E-state index is -0.541. The highest BCUT2D eigenvalue weighted by atomic mass is 35.5. The molecule has 134 valence electrons. The van der Waals surface area contributed by atoms with E-state index >= 15 is 0 Å². The van der Waals surface area contributed by atoms with Gasteiger partial charge in [-0.05, 0) is 44.4 Å². The van der Waals surface area contributed by atoms with Crippen LogP contribution in [0.25, 0.3) is 0 Å². The van der Waals surface area contributed by atoms with Crippen LogP contribution in [0, 0.1) is 0 Å². The largest absolute Gasteiger partial charge is 0.444 e. The van der Waals surface area contributed by atoms with E-state index in [1.807, 2.05) is 39.0 Å². The number of nitrogens with zero attached hydrogens (tertiary/aromatic N) is 1. The number of carbonyl (C=O) groups excluding carboxylic acids is 1. The Morgan fingerprint density at radius 3 is 2.79 bits per heavy atom. The van der Waals surface area contributed by atoms with Crippen LogP contribution in [-0.2, 0) is 20.8 Å². The summed E-state index contributed by atoms with van der Waals surface area (Å²) >= 11 is 6.46. The third-order valence-corrected chi connectivity index (χ3v) is 4.03. The van der Waals surface area contributed by atoms with Gasteiger partial charge < -0.3 is 14.2 Å². The number of methoxy groups -OCH3 is 1. The number of ether oxygens (including phenoxy) is 3. The minimum Gasteiger partial charge on any atom is -0.444 e. The Bertz CT molecular complexity index is 571. The molecule has 0 aromatic heterocycles. The van der Waals surface area contributed by atoms with Crippen LogP contribution in [0.2, 0.25) is 5.02 Å². The molecule has 6 heteroatoms. The van der Waals surface area contributed by atoms with Crippen LogP contribution in [-0.4, -0.2) is 43.5 Å². The molecule has 0 spiro atoms. The molecule has 0 unspecified atom stereocenters. The molecule has 1 aromatic carbocycles.